The van der Waals surface area contributed by atoms with Crippen molar-refractivity contribution in [3.63, 3.8) is 0 Å². The molecule has 0 aromatic rings. The van der Waals surface area contributed by atoms with Gasteiger partial charge in [0.05, 0.1) is 0 Å². The molecule has 0 aliphatic rings. The van der Waals surface area contributed by atoms with Crippen LogP contribution >= 0.6 is 0 Å². The highest BCUT2D eigenvalue weighted by atomic mass is 16.5. The highest BCUT2D eigenvalue weighted by molar-refractivity contribution is 5.81. The molecule has 0 aliphatic heterocycles. The number of esters is 1. The zero-order valence-corrected chi connectivity index (χ0v) is 10.4. The molecule has 0 amide bonds. The van der Waals surface area contributed by atoms with E-state index in [1.54, 1.807) is 6.08 Å². The highest BCUT2D eigenvalue weighted by Gasteiger charge is 2.10. The summed E-state index contributed by atoms with van der Waals surface area (Å²) in [5.41, 5.74) is 0. The monoisotopic (exact) mass is 224 g/mol. The number of carbonyl (C=O) groups is 1. The van der Waals surface area contributed by atoms with E-state index in [9.17, 15) is 4.79 Å². The molecular weight excluding hydrogens is 200 g/mol. The summed E-state index contributed by atoms with van der Waals surface area (Å²) in [6, 6.07) is 0. The molecule has 2 heteroatoms. The maximum absolute atomic E-state index is 11.1. The summed E-state index contributed by atoms with van der Waals surface area (Å²) >= 11 is 0. The Hall–Kier alpha value is -1.05. The summed E-state index contributed by atoms with van der Waals surface area (Å²) in [5, 5.41) is 0. The number of rotatable bonds is 10. The van der Waals surface area contributed by atoms with Crippen molar-refractivity contribution >= 4 is 5.97 Å². The molecule has 0 aliphatic carbocycles. The average molecular weight is 224 g/mol. The van der Waals surface area contributed by atoms with Gasteiger partial charge in [-0.3, -0.25) is 0 Å². The van der Waals surface area contributed by atoms with Crippen LogP contribution in [0.15, 0.2) is 25.3 Å². The number of hydrogen-bond acceptors (Lipinski definition) is 2. The quantitative estimate of drug-likeness (QED) is 0.242. The standard InChI is InChI=1S/C14H24O2/c1-4-7-8-9-10-12-13(11-5-2)16-14(15)6-3/h5-6,13H,2-4,7-12H2,1H3. The van der Waals surface area contributed by atoms with Crippen molar-refractivity contribution in [2.24, 2.45) is 0 Å². The first-order chi connectivity index (χ1) is 7.74. The van der Waals surface area contributed by atoms with E-state index in [2.05, 4.69) is 20.1 Å². The van der Waals surface area contributed by atoms with Crippen molar-refractivity contribution in [2.45, 2.75) is 58.0 Å². The summed E-state index contributed by atoms with van der Waals surface area (Å²) in [7, 11) is 0. The van der Waals surface area contributed by atoms with Gasteiger partial charge in [-0.05, 0) is 12.8 Å². The van der Waals surface area contributed by atoms with Crippen LogP contribution in [0, 0.1) is 0 Å². The van der Waals surface area contributed by atoms with Gasteiger partial charge in [0.15, 0.2) is 0 Å². The molecule has 0 bridgehead atoms. The zero-order chi connectivity index (χ0) is 12.2. The number of carbonyl (C=O) groups excluding carboxylic acids is 1. The molecule has 0 saturated carbocycles. The molecule has 1 atom stereocenters. The van der Waals surface area contributed by atoms with E-state index in [4.69, 9.17) is 4.74 Å². The van der Waals surface area contributed by atoms with Crippen molar-refractivity contribution in [3.05, 3.63) is 25.3 Å². The molecule has 0 radical (unpaired) electrons. The van der Waals surface area contributed by atoms with Gasteiger partial charge in [0.2, 0.25) is 0 Å². The first-order valence-electron chi connectivity index (χ1n) is 6.18. The van der Waals surface area contributed by atoms with Gasteiger partial charge in [0.25, 0.3) is 0 Å². The van der Waals surface area contributed by atoms with Gasteiger partial charge < -0.3 is 4.74 Å². The van der Waals surface area contributed by atoms with E-state index in [0.29, 0.717) is 0 Å². The second-order valence-electron chi connectivity index (χ2n) is 3.99. The van der Waals surface area contributed by atoms with Gasteiger partial charge in [-0.25, -0.2) is 4.79 Å². The SMILES string of the molecule is C=CCC(CCCCCCC)OC(=O)C=C. The fourth-order valence-electron chi connectivity index (χ4n) is 1.60. The minimum absolute atomic E-state index is 0.0235. The highest BCUT2D eigenvalue weighted by Crippen LogP contribution is 2.12. The van der Waals surface area contributed by atoms with Crippen LogP contribution < -0.4 is 0 Å². The fraction of sp³-hybridized carbons (Fsp3) is 0.643. The fourth-order valence-corrected chi connectivity index (χ4v) is 1.60. The van der Waals surface area contributed by atoms with Crippen LogP contribution in [0.1, 0.15) is 51.9 Å². The lowest BCUT2D eigenvalue weighted by molar-refractivity contribution is -0.143. The molecule has 0 rings (SSSR count). The van der Waals surface area contributed by atoms with Gasteiger partial charge in [-0.15, -0.1) is 6.58 Å². The predicted molar refractivity (Wildman–Crippen MR) is 68.3 cm³/mol. The third-order valence-corrected chi connectivity index (χ3v) is 2.51. The summed E-state index contributed by atoms with van der Waals surface area (Å²) in [6.07, 6.45) is 10.8. The molecule has 0 N–H and O–H groups in total. The van der Waals surface area contributed by atoms with E-state index < -0.39 is 0 Å². The Kier molecular flexibility index (Phi) is 9.78. The normalized spacial score (nSPS) is 11.8. The van der Waals surface area contributed by atoms with Gasteiger partial charge >= 0.3 is 5.97 Å². The molecule has 0 aromatic heterocycles. The van der Waals surface area contributed by atoms with Crippen LogP contribution in [0.25, 0.3) is 0 Å². The second-order valence-corrected chi connectivity index (χ2v) is 3.99. The predicted octanol–water partition coefficient (Wildman–Crippen LogP) is 4.02. The number of hydrogen-bond donors (Lipinski definition) is 0. The Morgan fingerprint density at radius 1 is 1.25 bits per heavy atom. The number of unbranched alkanes of at least 4 members (excludes halogenated alkanes) is 4. The van der Waals surface area contributed by atoms with Gasteiger partial charge in [0, 0.05) is 12.5 Å². The van der Waals surface area contributed by atoms with E-state index in [1.807, 2.05) is 0 Å². The van der Waals surface area contributed by atoms with Crippen LogP contribution in [0.3, 0.4) is 0 Å². The molecule has 0 aromatic carbocycles. The van der Waals surface area contributed by atoms with Crippen molar-refractivity contribution in [2.75, 3.05) is 0 Å². The lowest BCUT2D eigenvalue weighted by Crippen LogP contribution is -2.15. The second kappa shape index (κ2) is 10.5. The maximum Gasteiger partial charge on any atom is 0.330 e. The smallest absolute Gasteiger partial charge is 0.330 e. The Bertz CT molecular complexity index is 209. The number of ether oxygens (including phenoxy) is 1. The third kappa shape index (κ3) is 8.27. The average Bonchev–Trinajstić information content (AvgIpc) is 2.28. The Morgan fingerprint density at radius 3 is 2.50 bits per heavy atom. The van der Waals surface area contributed by atoms with Crippen molar-refractivity contribution in [1.82, 2.24) is 0 Å². The summed E-state index contributed by atoms with van der Waals surface area (Å²) in [6.45, 7) is 9.27. The van der Waals surface area contributed by atoms with Crippen molar-refractivity contribution in [1.29, 1.82) is 0 Å². The molecule has 0 saturated heterocycles. The molecule has 0 heterocycles. The lowest BCUT2D eigenvalue weighted by Gasteiger charge is -2.14. The first-order valence-corrected chi connectivity index (χ1v) is 6.18. The van der Waals surface area contributed by atoms with E-state index >= 15 is 0 Å². The van der Waals surface area contributed by atoms with E-state index in [1.165, 1.54) is 31.8 Å². The van der Waals surface area contributed by atoms with Gasteiger partial charge in [-0.2, -0.15) is 0 Å². The minimum Gasteiger partial charge on any atom is -0.459 e. The summed E-state index contributed by atoms with van der Waals surface area (Å²) in [4.78, 5) is 11.1. The summed E-state index contributed by atoms with van der Waals surface area (Å²) in [5.74, 6) is -0.333. The molecular formula is C14H24O2. The van der Waals surface area contributed by atoms with Crippen LogP contribution in [0.2, 0.25) is 0 Å². The molecule has 0 spiro atoms. The largest absolute Gasteiger partial charge is 0.459 e. The molecule has 2 nitrogen and oxygen atoms in total. The van der Waals surface area contributed by atoms with Gasteiger partial charge in [-0.1, -0.05) is 45.3 Å². The summed E-state index contributed by atoms with van der Waals surface area (Å²) < 4.78 is 5.22. The third-order valence-electron chi connectivity index (χ3n) is 2.51. The van der Waals surface area contributed by atoms with Crippen molar-refractivity contribution < 1.29 is 9.53 Å². The lowest BCUT2D eigenvalue weighted by atomic mass is 10.1. The van der Waals surface area contributed by atoms with Gasteiger partial charge in [0.1, 0.15) is 6.10 Å². The molecule has 0 fully saturated rings. The maximum atomic E-state index is 11.1. The minimum atomic E-state index is -0.333. The van der Waals surface area contributed by atoms with Crippen LogP contribution in [-0.4, -0.2) is 12.1 Å². The Balaban J connectivity index is 3.71. The van der Waals surface area contributed by atoms with Crippen LogP contribution in [-0.2, 0) is 9.53 Å². The molecule has 92 valence electrons. The van der Waals surface area contributed by atoms with E-state index in [0.717, 1.165) is 19.3 Å². The first kappa shape index (κ1) is 14.9. The van der Waals surface area contributed by atoms with E-state index in [-0.39, 0.29) is 12.1 Å². The zero-order valence-electron chi connectivity index (χ0n) is 10.4. The molecule has 16 heavy (non-hydrogen) atoms. The molecule has 1 unspecified atom stereocenters. The van der Waals surface area contributed by atoms with Crippen LogP contribution in [0.4, 0.5) is 0 Å². The topological polar surface area (TPSA) is 26.3 Å². The van der Waals surface area contributed by atoms with Crippen molar-refractivity contribution in [3.8, 4) is 0 Å². The Labute approximate surface area is 99.4 Å². The van der Waals surface area contributed by atoms with Crippen LogP contribution in [0.5, 0.6) is 0 Å². The Morgan fingerprint density at radius 2 is 1.94 bits per heavy atom.